The van der Waals surface area contributed by atoms with Crippen molar-refractivity contribution in [3.63, 3.8) is 0 Å². The molecule has 0 saturated heterocycles. The second-order valence-corrected chi connectivity index (χ2v) is 2.82. The van der Waals surface area contributed by atoms with Gasteiger partial charge in [0, 0.05) is 12.8 Å². The van der Waals surface area contributed by atoms with Crippen molar-refractivity contribution in [3.8, 4) is 0 Å². The van der Waals surface area contributed by atoms with Crippen molar-refractivity contribution in [1.29, 1.82) is 0 Å². The van der Waals surface area contributed by atoms with Crippen LogP contribution >= 0.6 is 12.6 Å². The minimum absolute atomic E-state index is 0.0965. The molecule has 0 fully saturated rings. The van der Waals surface area contributed by atoms with Gasteiger partial charge < -0.3 is 10.2 Å². The van der Waals surface area contributed by atoms with Crippen LogP contribution in [0.25, 0.3) is 0 Å². The lowest BCUT2D eigenvalue weighted by molar-refractivity contribution is -0.143. The fourth-order valence-corrected chi connectivity index (χ4v) is 0.927. The number of thiol groups is 1. The first-order valence-corrected chi connectivity index (χ1v) is 4.13. The third-order valence-corrected chi connectivity index (χ3v) is 1.59. The molecular formula is C6H12N2O4S. The Morgan fingerprint density at radius 2 is 2.08 bits per heavy atom. The van der Waals surface area contributed by atoms with Crippen molar-refractivity contribution in [3.05, 3.63) is 0 Å². The molecule has 0 saturated carbocycles. The van der Waals surface area contributed by atoms with E-state index in [2.05, 4.69) is 18.1 Å². The maximum Gasteiger partial charge on any atom is 0.322 e. The minimum Gasteiger partial charge on any atom is -0.480 e. The molecule has 0 aliphatic heterocycles. The highest BCUT2D eigenvalue weighted by Crippen LogP contribution is 1.89. The standard InChI is InChI=1S/C6H12N2O4S/c1-8(2-5(9)10)7-4(3-13)6(11)12/h4,7,13H,2-3H2,1H3,(H,9,10)(H,11,12)/t4-/m0/s1. The first-order valence-electron chi connectivity index (χ1n) is 3.50. The number of aliphatic carboxylic acids is 2. The van der Waals surface area contributed by atoms with Crippen LogP contribution in [0.3, 0.4) is 0 Å². The molecule has 0 aromatic rings. The molecule has 0 aromatic carbocycles. The molecule has 0 aliphatic rings. The maximum atomic E-state index is 10.5. The van der Waals surface area contributed by atoms with Gasteiger partial charge in [-0.15, -0.1) is 0 Å². The Balaban J connectivity index is 3.93. The first kappa shape index (κ1) is 12.2. The number of carboxylic acid groups (broad SMARTS) is 2. The molecule has 0 spiro atoms. The zero-order chi connectivity index (χ0) is 10.4. The van der Waals surface area contributed by atoms with Crippen molar-refractivity contribution in [2.75, 3.05) is 19.3 Å². The summed E-state index contributed by atoms with van der Waals surface area (Å²) in [4.78, 5) is 20.7. The van der Waals surface area contributed by atoms with Crippen LogP contribution in [0.5, 0.6) is 0 Å². The van der Waals surface area contributed by atoms with Crippen LogP contribution in [0.4, 0.5) is 0 Å². The van der Waals surface area contributed by atoms with Gasteiger partial charge in [0.15, 0.2) is 0 Å². The van der Waals surface area contributed by atoms with Crippen LogP contribution in [0, 0.1) is 0 Å². The third kappa shape index (κ3) is 5.45. The van der Waals surface area contributed by atoms with Crippen LogP contribution in [0.1, 0.15) is 0 Å². The van der Waals surface area contributed by atoms with Gasteiger partial charge in [-0.25, -0.2) is 10.4 Å². The van der Waals surface area contributed by atoms with Gasteiger partial charge >= 0.3 is 11.9 Å². The highest BCUT2D eigenvalue weighted by Gasteiger charge is 2.17. The SMILES string of the molecule is CN(CC(=O)O)N[C@@H](CS)C(=O)O. The second-order valence-electron chi connectivity index (χ2n) is 2.45. The normalized spacial score (nSPS) is 12.8. The zero-order valence-electron chi connectivity index (χ0n) is 7.10. The van der Waals surface area contributed by atoms with E-state index in [1.807, 2.05) is 0 Å². The van der Waals surface area contributed by atoms with Crippen LogP contribution in [0.2, 0.25) is 0 Å². The molecule has 0 amide bonds. The topological polar surface area (TPSA) is 89.9 Å². The monoisotopic (exact) mass is 208 g/mol. The molecule has 0 aromatic heterocycles. The average molecular weight is 208 g/mol. The first-order chi connectivity index (χ1) is 5.97. The summed E-state index contributed by atoms with van der Waals surface area (Å²) in [6.07, 6.45) is 0. The quantitative estimate of drug-likeness (QED) is 0.327. The lowest BCUT2D eigenvalue weighted by atomic mass is 10.4. The second kappa shape index (κ2) is 5.79. The molecule has 3 N–H and O–H groups in total. The Bertz CT molecular complexity index is 199. The van der Waals surface area contributed by atoms with Crippen molar-refractivity contribution >= 4 is 24.6 Å². The highest BCUT2D eigenvalue weighted by atomic mass is 32.1. The summed E-state index contributed by atoms with van der Waals surface area (Å²) in [5.74, 6) is -2.00. The van der Waals surface area contributed by atoms with Crippen molar-refractivity contribution < 1.29 is 19.8 Å². The summed E-state index contributed by atoms with van der Waals surface area (Å²) in [6, 6.07) is -0.868. The van der Waals surface area contributed by atoms with E-state index in [1.54, 1.807) is 0 Å². The number of carboxylic acids is 2. The molecule has 0 bridgehead atoms. The fraction of sp³-hybridized carbons (Fsp3) is 0.667. The smallest absolute Gasteiger partial charge is 0.322 e. The van der Waals surface area contributed by atoms with E-state index in [4.69, 9.17) is 10.2 Å². The number of hydrogen-bond acceptors (Lipinski definition) is 5. The Kier molecular flexibility index (Phi) is 5.44. The van der Waals surface area contributed by atoms with Gasteiger partial charge in [0.05, 0.1) is 0 Å². The Morgan fingerprint density at radius 1 is 1.54 bits per heavy atom. The molecule has 0 rings (SSSR count). The predicted molar refractivity (Wildman–Crippen MR) is 48.7 cm³/mol. The van der Waals surface area contributed by atoms with Crippen LogP contribution in [-0.4, -0.2) is 52.5 Å². The number of nitrogens with one attached hydrogen (secondary N) is 1. The molecule has 13 heavy (non-hydrogen) atoms. The summed E-state index contributed by atoms with van der Waals surface area (Å²) >= 11 is 3.80. The lowest BCUT2D eigenvalue weighted by Crippen LogP contribution is -2.49. The molecule has 1 atom stereocenters. The third-order valence-electron chi connectivity index (χ3n) is 1.23. The van der Waals surface area contributed by atoms with Crippen molar-refractivity contribution in [2.24, 2.45) is 0 Å². The summed E-state index contributed by atoms with van der Waals surface area (Å²) in [6.45, 7) is -0.266. The summed E-state index contributed by atoms with van der Waals surface area (Å²) in [7, 11) is 1.45. The van der Waals surface area contributed by atoms with Gasteiger partial charge in [-0.3, -0.25) is 9.59 Å². The van der Waals surface area contributed by atoms with E-state index >= 15 is 0 Å². The molecule has 7 heteroatoms. The number of hydrogen-bond donors (Lipinski definition) is 4. The van der Waals surface area contributed by atoms with E-state index in [0.717, 1.165) is 0 Å². The molecule has 76 valence electrons. The summed E-state index contributed by atoms with van der Waals surface area (Å²) in [5.41, 5.74) is 2.47. The van der Waals surface area contributed by atoms with Crippen LogP contribution < -0.4 is 5.43 Å². The largest absolute Gasteiger partial charge is 0.480 e. The van der Waals surface area contributed by atoms with Gasteiger partial charge in [0.1, 0.15) is 12.6 Å². The molecular weight excluding hydrogens is 196 g/mol. The van der Waals surface area contributed by atoms with Crippen LogP contribution in [-0.2, 0) is 9.59 Å². The van der Waals surface area contributed by atoms with E-state index < -0.39 is 18.0 Å². The Hall–Kier alpha value is -0.790. The number of carbonyl (C=O) groups is 2. The zero-order valence-corrected chi connectivity index (χ0v) is 7.99. The minimum atomic E-state index is -1.06. The van der Waals surface area contributed by atoms with Gasteiger partial charge in [0.25, 0.3) is 0 Å². The summed E-state index contributed by atoms with van der Waals surface area (Å²) < 4.78 is 0. The van der Waals surface area contributed by atoms with E-state index in [9.17, 15) is 9.59 Å². The van der Waals surface area contributed by atoms with Crippen molar-refractivity contribution in [2.45, 2.75) is 6.04 Å². The van der Waals surface area contributed by atoms with Gasteiger partial charge in [-0.2, -0.15) is 12.6 Å². The molecule has 6 nitrogen and oxygen atoms in total. The summed E-state index contributed by atoms with van der Waals surface area (Å²) in [5, 5.41) is 18.1. The Morgan fingerprint density at radius 3 is 2.38 bits per heavy atom. The van der Waals surface area contributed by atoms with Gasteiger partial charge in [0.2, 0.25) is 0 Å². The van der Waals surface area contributed by atoms with Crippen LogP contribution in [0.15, 0.2) is 0 Å². The predicted octanol–water partition coefficient (Wildman–Crippen LogP) is -1.11. The van der Waals surface area contributed by atoms with E-state index in [-0.39, 0.29) is 12.3 Å². The number of nitrogens with zero attached hydrogens (tertiary/aromatic N) is 1. The average Bonchev–Trinajstić information content (AvgIpc) is 1.98. The number of likely N-dealkylation sites (N-methyl/N-ethyl adjacent to an activating group) is 1. The molecule has 0 aliphatic carbocycles. The lowest BCUT2D eigenvalue weighted by Gasteiger charge is -2.20. The fourth-order valence-electron chi connectivity index (χ4n) is 0.689. The molecule has 0 unspecified atom stereocenters. The van der Waals surface area contributed by atoms with Gasteiger partial charge in [-0.05, 0) is 0 Å². The van der Waals surface area contributed by atoms with E-state index in [0.29, 0.717) is 0 Å². The Labute approximate surface area is 80.9 Å². The highest BCUT2D eigenvalue weighted by molar-refractivity contribution is 7.80. The van der Waals surface area contributed by atoms with Crippen molar-refractivity contribution in [1.82, 2.24) is 10.4 Å². The molecule has 0 radical (unpaired) electrons. The van der Waals surface area contributed by atoms with E-state index in [1.165, 1.54) is 12.1 Å². The molecule has 0 heterocycles. The maximum absolute atomic E-state index is 10.5. The van der Waals surface area contributed by atoms with Gasteiger partial charge in [-0.1, -0.05) is 0 Å². The number of rotatable bonds is 6. The number of hydrazine groups is 1.